The van der Waals surface area contributed by atoms with Crippen molar-refractivity contribution in [1.29, 1.82) is 0 Å². The number of methoxy groups -OCH3 is 1. The second-order valence-electron chi connectivity index (χ2n) is 10.7. The van der Waals surface area contributed by atoms with Gasteiger partial charge < -0.3 is 35.3 Å². The minimum absolute atomic E-state index is 0.00749. The minimum Gasteiger partial charge on any atom is -0.480 e. The number of nitrogens with one attached hydrogen (secondary N) is 2. The number of carbonyl (C=O) groups excluding carboxylic acids is 2. The van der Waals surface area contributed by atoms with Crippen molar-refractivity contribution >= 4 is 27.8 Å². The Morgan fingerprint density at radius 3 is 2.45 bits per heavy atom. The minimum atomic E-state index is -4.20. The normalized spacial score (nSPS) is 18.2. The first-order chi connectivity index (χ1) is 20.8. The van der Waals surface area contributed by atoms with E-state index in [9.17, 15) is 27.9 Å². The van der Waals surface area contributed by atoms with E-state index in [1.54, 1.807) is 55.3 Å². The lowest BCUT2D eigenvalue weighted by atomic mass is 10.0. The predicted octanol–water partition coefficient (Wildman–Crippen LogP) is 0.204. The summed E-state index contributed by atoms with van der Waals surface area (Å²) in [6.45, 7) is 4.67. The van der Waals surface area contributed by atoms with Crippen molar-refractivity contribution in [2.45, 2.75) is 56.3 Å². The quantitative estimate of drug-likeness (QED) is 0.184. The van der Waals surface area contributed by atoms with E-state index in [1.165, 1.54) is 7.11 Å². The molecular weight excluding hydrogens is 594 g/mol. The van der Waals surface area contributed by atoms with Crippen LogP contribution in [0.15, 0.2) is 41.4 Å². The number of aromatic nitrogens is 1. The maximum absolute atomic E-state index is 13.0. The van der Waals surface area contributed by atoms with E-state index in [0.717, 1.165) is 5.56 Å². The standard InChI is InChI=1S/C29H41N5O9S/c1-18-11-19(2)28(20(3)12-18)44(39,40)33-23(29(37)38)14-32-25(35)16-43-21-13-24(27(30)22-7-5-6-8-31-22)34(15-21)26(36)17-42-10-9-41-4/h5-8,11-12,21,23-24,27,33H,9-10,13-17,30H2,1-4H3,(H,32,35)(H,37,38). The molecule has 44 heavy (non-hydrogen) atoms. The third kappa shape index (κ3) is 9.51. The molecule has 14 nitrogen and oxygen atoms in total. The van der Waals surface area contributed by atoms with Gasteiger partial charge in [0.05, 0.1) is 42.0 Å². The number of hydrogen-bond donors (Lipinski definition) is 4. The molecule has 4 atom stereocenters. The fourth-order valence-electron chi connectivity index (χ4n) is 5.21. The SMILES string of the molecule is COCCOCC(=O)N1CC(OCC(=O)NCC(NS(=O)(=O)c2c(C)cc(C)cc2C)C(=O)O)CC1C(N)c1ccccn1. The Bertz CT molecular complexity index is 1380. The van der Waals surface area contributed by atoms with Crippen LogP contribution in [0.5, 0.6) is 0 Å². The summed E-state index contributed by atoms with van der Waals surface area (Å²) in [5.41, 5.74) is 8.90. The highest BCUT2D eigenvalue weighted by atomic mass is 32.2. The van der Waals surface area contributed by atoms with Gasteiger partial charge in [0.1, 0.15) is 19.3 Å². The van der Waals surface area contributed by atoms with Crippen LogP contribution in [-0.4, -0.2) is 106 Å². The van der Waals surface area contributed by atoms with E-state index >= 15 is 0 Å². The highest BCUT2D eigenvalue weighted by molar-refractivity contribution is 7.89. The molecule has 1 saturated heterocycles. The van der Waals surface area contributed by atoms with Gasteiger partial charge in [-0.1, -0.05) is 23.8 Å². The van der Waals surface area contributed by atoms with Gasteiger partial charge >= 0.3 is 5.97 Å². The van der Waals surface area contributed by atoms with Crippen LogP contribution in [0, 0.1) is 20.8 Å². The third-order valence-corrected chi connectivity index (χ3v) is 8.93. The highest BCUT2D eigenvalue weighted by Crippen LogP contribution is 2.29. The van der Waals surface area contributed by atoms with Crippen molar-refractivity contribution in [3.8, 4) is 0 Å². The maximum Gasteiger partial charge on any atom is 0.323 e. The smallest absolute Gasteiger partial charge is 0.323 e. The van der Waals surface area contributed by atoms with E-state index in [-0.39, 0.29) is 30.6 Å². The van der Waals surface area contributed by atoms with Crippen LogP contribution in [0.2, 0.25) is 0 Å². The molecule has 1 aromatic carbocycles. The van der Waals surface area contributed by atoms with Crippen LogP contribution < -0.4 is 15.8 Å². The topological polar surface area (TPSA) is 199 Å². The first kappa shape index (κ1) is 35.0. The molecule has 3 rings (SSSR count). The molecule has 0 saturated carbocycles. The monoisotopic (exact) mass is 635 g/mol. The fraction of sp³-hybridized carbons (Fsp3) is 0.517. The lowest BCUT2D eigenvalue weighted by Crippen LogP contribution is -2.49. The molecule has 1 aliphatic heterocycles. The number of carboxylic acid groups (broad SMARTS) is 1. The summed E-state index contributed by atoms with van der Waals surface area (Å²) >= 11 is 0. The second kappa shape index (κ2) is 16.0. The Hall–Kier alpha value is -3.47. The third-order valence-electron chi connectivity index (χ3n) is 7.15. The van der Waals surface area contributed by atoms with Crippen molar-refractivity contribution in [2.24, 2.45) is 5.73 Å². The van der Waals surface area contributed by atoms with E-state index in [1.807, 2.05) is 6.92 Å². The number of nitrogens with two attached hydrogens (primary N) is 1. The number of amides is 2. The maximum atomic E-state index is 13.0. The number of benzene rings is 1. The molecule has 15 heteroatoms. The Kier molecular flexibility index (Phi) is 12.7. The summed E-state index contributed by atoms with van der Waals surface area (Å²) in [5, 5.41) is 12.1. The highest BCUT2D eigenvalue weighted by Gasteiger charge is 2.40. The van der Waals surface area contributed by atoms with Crippen LogP contribution in [0.25, 0.3) is 0 Å². The van der Waals surface area contributed by atoms with Gasteiger partial charge in [-0.3, -0.25) is 19.4 Å². The number of aryl methyl sites for hydroxylation is 3. The molecular formula is C29H41N5O9S. The van der Waals surface area contributed by atoms with E-state index in [0.29, 0.717) is 29.8 Å². The summed E-state index contributed by atoms with van der Waals surface area (Å²) < 4.78 is 44.4. The van der Waals surface area contributed by atoms with Gasteiger partial charge in [0.15, 0.2) is 0 Å². The van der Waals surface area contributed by atoms with E-state index in [4.69, 9.17) is 19.9 Å². The zero-order valence-electron chi connectivity index (χ0n) is 25.3. The van der Waals surface area contributed by atoms with Crippen LogP contribution in [0.1, 0.15) is 34.8 Å². The van der Waals surface area contributed by atoms with Crippen molar-refractivity contribution < 1.29 is 42.1 Å². The first-order valence-electron chi connectivity index (χ1n) is 14.1. The van der Waals surface area contributed by atoms with Crippen LogP contribution in [0.4, 0.5) is 0 Å². The lowest BCUT2D eigenvalue weighted by Gasteiger charge is -2.28. The van der Waals surface area contributed by atoms with Gasteiger partial charge in [0.25, 0.3) is 0 Å². The molecule has 0 bridgehead atoms. The van der Waals surface area contributed by atoms with Crippen molar-refractivity contribution in [3.63, 3.8) is 0 Å². The zero-order chi connectivity index (χ0) is 32.4. The number of carbonyl (C=O) groups is 3. The van der Waals surface area contributed by atoms with E-state index in [2.05, 4.69) is 15.0 Å². The molecule has 2 aromatic rings. The van der Waals surface area contributed by atoms with Crippen LogP contribution >= 0.6 is 0 Å². The summed E-state index contributed by atoms with van der Waals surface area (Å²) in [7, 11) is -2.68. The molecule has 0 aliphatic carbocycles. The number of ether oxygens (including phenoxy) is 3. The summed E-state index contributed by atoms with van der Waals surface area (Å²) in [5.74, 6) is -2.42. The number of nitrogens with zero attached hydrogens (tertiary/aromatic N) is 2. The number of hydrogen-bond acceptors (Lipinski definition) is 10. The van der Waals surface area contributed by atoms with Crippen molar-refractivity contribution in [3.05, 3.63) is 58.9 Å². The molecule has 1 aromatic heterocycles. The summed E-state index contributed by atoms with van der Waals surface area (Å²) in [4.78, 5) is 43.3. The average Bonchev–Trinajstić information content (AvgIpc) is 3.40. The molecule has 5 N–H and O–H groups in total. The predicted molar refractivity (Wildman–Crippen MR) is 159 cm³/mol. The van der Waals surface area contributed by atoms with Gasteiger partial charge in [-0.2, -0.15) is 4.72 Å². The van der Waals surface area contributed by atoms with Gasteiger partial charge in [0.2, 0.25) is 21.8 Å². The Balaban J connectivity index is 1.60. The molecule has 1 fully saturated rings. The molecule has 0 spiro atoms. The van der Waals surface area contributed by atoms with Crippen molar-refractivity contribution in [2.75, 3.05) is 46.6 Å². The first-order valence-corrected chi connectivity index (χ1v) is 15.6. The summed E-state index contributed by atoms with van der Waals surface area (Å²) in [6.07, 6.45) is 1.38. The molecule has 4 unspecified atom stereocenters. The Labute approximate surface area is 257 Å². The van der Waals surface area contributed by atoms with Gasteiger partial charge in [-0.25, -0.2) is 8.42 Å². The van der Waals surface area contributed by atoms with Gasteiger partial charge in [-0.05, 0) is 50.5 Å². The number of likely N-dealkylation sites (tertiary alicyclic amines) is 1. The Morgan fingerprint density at radius 2 is 1.84 bits per heavy atom. The van der Waals surface area contributed by atoms with Gasteiger partial charge in [-0.15, -0.1) is 0 Å². The van der Waals surface area contributed by atoms with Crippen molar-refractivity contribution in [1.82, 2.24) is 19.9 Å². The number of pyridine rings is 1. The molecule has 242 valence electrons. The van der Waals surface area contributed by atoms with E-state index < -0.39 is 59.3 Å². The lowest BCUT2D eigenvalue weighted by molar-refractivity contribution is -0.139. The molecule has 1 aliphatic rings. The molecule has 0 radical (unpaired) electrons. The van der Waals surface area contributed by atoms with Gasteiger partial charge in [0, 0.05) is 26.4 Å². The Morgan fingerprint density at radius 1 is 1.14 bits per heavy atom. The molecule has 2 amide bonds. The zero-order valence-corrected chi connectivity index (χ0v) is 26.1. The largest absolute Gasteiger partial charge is 0.480 e. The van der Waals surface area contributed by atoms with Crippen LogP contribution in [0.3, 0.4) is 0 Å². The molecule has 2 heterocycles. The number of aliphatic carboxylic acids is 1. The average molecular weight is 636 g/mol. The second-order valence-corrected chi connectivity index (χ2v) is 12.3. The number of carboxylic acids is 1. The van der Waals surface area contributed by atoms with Crippen LogP contribution in [-0.2, 0) is 38.6 Å². The number of rotatable bonds is 16. The summed E-state index contributed by atoms with van der Waals surface area (Å²) in [6, 6.07) is 5.98. The fourth-order valence-corrected chi connectivity index (χ4v) is 6.85. The number of sulfonamides is 1.